The van der Waals surface area contributed by atoms with Crippen molar-refractivity contribution in [3.63, 3.8) is 0 Å². The summed E-state index contributed by atoms with van der Waals surface area (Å²) in [5.41, 5.74) is 9.88. The number of phenols is 2. The summed E-state index contributed by atoms with van der Waals surface area (Å²) in [4.78, 5) is 10.7. The Kier molecular flexibility index (Phi) is 17.0. The van der Waals surface area contributed by atoms with Gasteiger partial charge < -0.3 is 34.2 Å². The fourth-order valence-electron chi connectivity index (χ4n) is 11.0. The van der Waals surface area contributed by atoms with Crippen LogP contribution in [-0.4, -0.2) is 34.7 Å². The van der Waals surface area contributed by atoms with Crippen LogP contribution in [0.3, 0.4) is 0 Å². The van der Waals surface area contributed by atoms with Gasteiger partial charge in [0.05, 0.1) is 22.9 Å². The van der Waals surface area contributed by atoms with Crippen molar-refractivity contribution in [3.8, 4) is 11.5 Å². The molecule has 0 aliphatic heterocycles. The molecule has 2 N–H and O–H groups in total. The zero-order chi connectivity index (χ0) is 48.9. The summed E-state index contributed by atoms with van der Waals surface area (Å²) in [7, 11) is 0. The number of nitrogens with zero attached hydrogens (tertiary/aromatic N) is 2. The molecule has 72 heavy (non-hydrogen) atoms. The van der Waals surface area contributed by atoms with Crippen LogP contribution in [0, 0.1) is 0 Å². The number of halogens is 1. The molecule has 0 spiro atoms. The summed E-state index contributed by atoms with van der Waals surface area (Å²) >= 11 is 0. The van der Waals surface area contributed by atoms with Crippen molar-refractivity contribution in [2.75, 3.05) is 0 Å². The zero-order valence-corrected chi connectivity index (χ0v) is 45.7. The van der Waals surface area contributed by atoms with Crippen molar-refractivity contribution in [3.05, 3.63) is 273 Å². The monoisotopic (exact) mass is 1100 g/mol. The Morgan fingerprint density at radius 2 is 0.611 bits per heavy atom. The van der Waals surface area contributed by atoms with Crippen LogP contribution in [0.25, 0.3) is 0 Å². The van der Waals surface area contributed by atoms with E-state index in [4.69, 9.17) is 9.98 Å². The summed E-state index contributed by atoms with van der Waals surface area (Å²) in [5, 5.41) is 24.6. The fourth-order valence-corrected chi connectivity index (χ4v) is 11.0. The second-order valence-electron chi connectivity index (χ2n) is 21.1. The van der Waals surface area contributed by atoms with Gasteiger partial charge >= 0.3 is 0 Å². The van der Waals surface area contributed by atoms with Gasteiger partial charge in [-0.05, 0) is 92.4 Å². The maximum atomic E-state index is 12.3. The van der Waals surface area contributed by atoms with Crippen LogP contribution in [-0.2, 0) is 38.7 Å². The molecule has 1 radical (unpaired) electrons. The first-order valence-corrected chi connectivity index (χ1v) is 25.0. The van der Waals surface area contributed by atoms with Gasteiger partial charge in [0.2, 0.25) is 0 Å². The Morgan fingerprint density at radius 1 is 0.375 bits per heavy atom. The van der Waals surface area contributed by atoms with Crippen LogP contribution in [0.5, 0.6) is 11.5 Å². The van der Waals surface area contributed by atoms with Crippen molar-refractivity contribution in [2.24, 2.45) is 9.98 Å². The molecule has 0 amide bonds. The molecule has 0 heterocycles. The summed E-state index contributed by atoms with van der Waals surface area (Å²) in [6, 6.07) is 72.8. The molecule has 367 valence electrons. The van der Waals surface area contributed by atoms with E-state index in [9.17, 15) is 10.2 Å². The van der Waals surface area contributed by atoms with E-state index in [2.05, 4.69) is 248 Å². The van der Waals surface area contributed by atoms with Crippen LogP contribution < -0.4 is 24.0 Å². The molecule has 0 saturated heterocycles. The van der Waals surface area contributed by atoms with Gasteiger partial charge in [0.15, 0.2) is 0 Å². The minimum atomic E-state index is -0.695. The van der Waals surface area contributed by atoms with Gasteiger partial charge in [-0.1, -0.05) is 236 Å². The molecular weight excluding hydrogens is 1030 g/mol. The van der Waals surface area contributed by atoms with Crippen molar-refractivity contribution in [1.29, 1.82) is 0 Å². The molecule has 1 fully saturated rings. The molecule has 2 atom stereocenters. The Labute approximate surface area is 456 Å². The standard InChI is InChI=1S/C66H66N2O2.HI.Mn/c1-63(2,3)57-43-55(65(49-27-13-7-14-28-49,50-29-15-8-16-30-50)51-31-17-9-18-32-51)41-47(61(57)69)45-67-59-39-25-26-40-60(59)68-46-48-42-56(44-58(62(48)70)64(4,5)6)66(52-33-19-10-20-34-52,53-35-21-11-22-36-53)54-37-23-12-24-38-54;;/h7-24,27-38,41-46,59-60,69-70H,25-26,39-40H2,1-6H3;1H;/p-1/t59-,60-;;/m1../s1. The molecule has 1 aliphatic carbocycles. The summed E-state index contributed by atoms with van der Waals surface area (Å²) < 4.78 is 0. The molecule has 9 rings (SSSR count). The Balaban J connectivity index is 0.00000380. The number of hydrogen-bond acceptors (Lipinski definition) is 4. The second kappa shape index (κ2) is 22.8. The number of rotatable bonds is 12. The van der Waals surface area contributed by atoms with E-state index < -0.39 is 10.8 Å². The first-order valence-electron chi connectivity index (χ1n) is 25.0. The normalized spacial score (nSPS) is 15.5. The van der Waals surface area contributed by atoms with E-state index in [0.29, 0.717) is 11.1 Å². The van der Waals surface area contributed by atoms with Crippen LogP contribution in [0.2, 0.25) is 0 Å². The predicted octanol–water partition coefficient (Wildman–Crippen LogP) is 12.3. The maximum absolute atomic E-state index is 12.3. The molecule has 4 nitrogen and oxygen atoms in total. The first kappa shape index (κ1) is 53.7. The van der Waals surface area contributed by atoms with E-state index in [-0.39, 0.29) is 75.5 Å². The molecule has 0 unspecified atom stereocenters. The van der Waals surface area contributed by atoms with Gasteiger partial charge in [-0.15, -0.1) is 0 Å². The number of phenolic OH excluding ortho intramolecular Hbond substituents is 2. The SMILES string of the molecule is CC(C)(C)c1cc(C(c2ccccc2)(c2ccccc2)c2ccccc2)cc(C=N[C@@H]2CCCC[C@H]2N=Cc2cc(C(c3ccccc3)(c3ccccc3)c3ccccc3)cc(C(C)(C)C)c2O)c1O.[I-].[Mn]. The van der Waals surface area contributed by atoms with Crippen LogP contribution in [0.1, 0.15) is 134 Å². The van der Waals surface area contributed by atoms with Gasteiger partial charge in [0, 0.05) is 51.8 Å². The third kappa shape index (κ3) is 10.6. The molecule has 0 bridgehead atoms. The topological polar surface area (TPSA) is 65.2 Å². The van der Waals surface area contributed by atoms with Gasteiger partial charge in [-0.25, -0.2) is 0 Å². The van der Waals surface area contributed by atoms with Crippen LogP contribution >= 0.6 is 0 Å². The molecule has 1 aliphatic rings. The van der Waals surface area contributed by atoms with Crippen molar-refractivity contribution < 1.29 is 51.3 Å². The average molecular weight is 1100 g/mol. The zero-order valence-electron chi connectivity index (χ0n) is 42.3. The number of benzene rings is 8. The van der Waals surface area contributed by atoms with E-state index >= 15 is 0 Å². The van der Waals surface area contributed by atoms with Crippen LogP contribution in [0.4, 0.5) is 0 Å². The van der Waals surface area contributed by atoms with E-state index in [1.165, 1.54) is 0 Å². The molecule has 0 aromatic heterocycles. The third-order valence-electron chi connectivity index (χ3n) is 14.5. The van der Waals surface area contributed by atoms with Crippen molar-refractivity contribution in [1.82, 2.24) is 0 Å². The smallest absolute Gasteiger partial charge is 0.128 e. The van der Waals surface area contributed by atoms with Gasteiger partial charge in [0.25, 0.3) is 0 Å². The van der Waals surface area contributed by atoms with Crippen molar-refractivity contribution >= 4 is 12.4 Å². The van der Waals surface area contributed by atoms with E-state index in [1.807, 2.05) is 12.4 Å². The Morgan fingerprint density at radius 3 is 0.833 bits per heavy atom. The summed E-state index contributed by atoms with van der Waals surface area (Å²) in [5.74, 6) is 0.489. The third-order valence-corrected chi connectivity index (χ3v) is 14.5. The predicted molar refractivity (Wildman–Crippen MR) is 291 cm³/mol. The van der Waals surface area contributed by atoms with Gasteiger partial charge in [-0.2, -0.15) is 0 Å². The van der Waals surface area contributed by atoms with E-state index in [1.54, 1.807) is 0 Å². The largest absolute Gasteiger partial charge is 1.00 e. The maximum Gasteiger partial charge on any atom is 0.128 e. The average Bonchev–Trinajstić information content (AvgIpc) is 3.38. The van der Waals surface area contributed by atoms with Crippen molar-refractivity contribution in [2.45, 2.75) is 101 Å². The molecule has 8 aromatic rings. The minimum Gasteiger partial charge on any atom is -1.00 e. The second-order valence-corrected chi connectivity index (χ2v) is 21.1. The van der Waals surface area contributed by atoms with Gasteiger partial charge in [0.1, 0.15) is 11.5 Å². The Hall–Kier alpha value is -6.05. The van der Waals surface area contributed by atoms with Crippen LogP contribution in [0.15, 0.2) is 216 Å². The molecule has 1 saturated carbocycles. The number of aliphatic imine (C=N–C) groups is 2. The van der Waals surface area contributed by atoms with E-state index in [0.717, 1.165) is 81.3 Å². The summed E-state index contributed by atoms with van der Waals surface area (Å²) in [6.07, 6.45) is 7.62. The first-order chi connectivity index (χ1) is 33.8. The molecule has 6 heteroatoms. The van der Waals surface area contributed by atoms with Gasteiger partial charge in [-0.3, -0.25) is 9.98 Å². The molecule has 8 aromatic carbocycles. The quantitative estimate of drug-likeness (QED) is 0.0554. The number of hydrogen-bond donors (Lipinski definition) is 2. The Bertz CT molecular complexity index is 2670. The molecular formula is C66H66IMnN2O2-. The fraction of sp³-hybridized carbons (Fsp3) is 0.242. The minimum absolute atomic E-state index is 0. The number of aromatic hydroxyl groups is 2. The summed E-state index contributed by atoms with van der Waals surface area (Å²) in [6.45, 7) is 13.0.